The Morgan fingerprint density at radius 1 is 0.448 bits per heavy atom. The van der Waals surface area contributed by atoms with E-state index in [-0.39, 0.29) is 12.0 Å². The first-order valence-corrected chi connectivity index (χ1v) is 25.1. The van der Waals surface area contributed by atoms with Gasteiger partial charge in [-0.1, -0.05) is 202 Å². The predicted octanol–water partition coefficient (Wildman–Crippen LogP) is 15.1. The second-order valence-electron chi connectivity index (χ2n) is 16.8. The molecule has 0 aliphatic heterocycles. The van der Waals surface area contributed by atoms with Crippen LogP contribution in [0.5, 0.6) is 17.2 Å². The Morgan fingerprint density at radius 3 is 1.21 bits per heavy atom. The van der Waals surface area contributed by atoms with Gasteiger partial charge < -0.3 is 29.0 Å². The van der Waals surface area contributed by atoms with Crippen LogP contribution in [0.15, 0.2) is 12.1 Å². The van der Waals surface area contributed by atoms with E-state index in [1.165, 1.54) is 167 Å². The summed E-state index contributed by atoms with van der Waals surface area (Å²) < 4.78 is 30.7. The van der Waals surface area contributed by atoms with Crippen LogP contribution < -0.4 is 19.5 Å². The monoisotopic (exact) mass is 818 g/mol. The summed E-state index contributed by atoms with van der Waals surface area (Å²) in [5.74, 6) is 1.50. The Balaban J connectivity index is 2.56. The summed E-state index contributed by atoms with van der Waals surface area (Å²) in [5, 5.41) is 3.14. The van der Waals surface area contributed by atoms with Gasteiger partial charge in [0.2, 0.25) is 5.75 Å². The molecule has 7 nitrogen and oxygen atoms in total. The highest BCUT2D eigenvalue weighted by Gasteiger charge is 2.20. The highest BCUT2D eigenvalue weighted by Crippen LogP contribution is 2.39. The van der Waals surface area contributed by atoms with Crippen molar-refractivity contribution >= 4 is 5.91 Å². The summed E-state index contributed by atoms with van der Waals surface area (Å²) in [4.78, 5) is 13.6. The summed E-state index contributed by atoms with van der Waals surface area (Å²) in [6, 6.07) is 3.57. The molecule has 0 radical (unpaired) electrons. The molecule has 58 heavy (non-hydrogen) atoms. The highest BCUT2D eigenvalue weighted by molar-refractivity contribution is 5.95. The summed E-state index contributed by atoms with van der Waals surface area (Å²) in [5.41, 5.74) is 0.495. The van der Waals surface area contributed by atoms with Gasteiger partial charge >= 0.3 is 0 Å². The third-order valence-corrected chi connectivity index (χ3v) is 10.9. The first kappa shape index (κ1) is 54.0. The van der Waals surface area contributed by atoms with Crippen molar-refractivity contribution in [2.45, 2.75) is 240 Å². The topological polar surface area (TPSA) is 75.3 Å². The van der Waals surface area contributed by atoms with Crippen LogP contribution in [0.3, 0.4) is 0 Å². The van der Waals surface area contributed by atoms with Gasteiger partial charge in [0.1, 0.15) is 0 Å². The summed E-state index contributed by atoms with van der Waals surface area (Å²) in [6.07, 6.45) is 39.9. The Kier molecular flexibility index (Phi) is 38.9. The van der Waals surface area contributed by atoms with Crippen LogP contribution in [0.2, 0.25) is 0 Å². The molecule has 1 atom stereocenters. The van der Waals surface area contributed by atoms with Crippen molar-refractivity contribution in [3.8, 4) is 17.2 Å². The van der Waals surface area contributed by atoms with E-state index in [4.69, 9.17) is 23.7 Å². The van der Waals surface area contributed by atoms with E-state index in [0.29, 0.717) is 62.4 Å². The smallest absolute Gasteiger partial charge is 0.251 e. The number of amides is 1. The number of hydrogen-bond donors (Lipinski definition) is 1. The van der Waals surface area contributed by atoms with Crippen LogP contribution >= 0.6 is 0 Å². The molecule has 7 heteroatoms. The number of hydrogen-bond acceptors (Lipinski definition) is 6. The largest absolute Gasteiger partial charge is 0.490 e. The minimum absolute atomic E-state index is 0.179. The van der Waals surface area contributed by atoms with Crippen LogP contribution in [0, 0.1) is 0 Å². The molecule has 0 saturated heterocycles. The second-order valence-corrected chi connectivity index (χ2v) is 16.8. The summed E-state index contributed by atoms with van der Waals surface area (Å²) in [6.45, 7) is 14.7. The lowest BCUT2D eigenvalue weighted by atomic mass is 10.0. The third-order valence-electron chi connectivity index (χ3n) is 10.9. The molecular weight excluding hydrogens is 723 g/mol. The molecule has 0 saturated carbocycles. The Labute approximate surface area is 359 Å². The molecule has 0 aliphatic carbocycles. The standard InChI is InChI=1S/C51H95NO6/c1-6-11-13-15-17-19-21-23-25-27-29-31-33-35-40-54-45-47(55-41-36-34-32-30-28-26-24-22-20-18-16-14-12-7-2)44-52-51(53)46-42-48(56-37-8-3)50(58-39-10-5)49(43-46)57-38-9-4/h42-43,47H,6-41,44-45H2,1-5H3,(H,52,53). The van der Waals surface area contributed by atoms with E-state index in [1.54, 1.807) is 12.1 Å². The van der Waals surface area contributed by atoms with Crippen molar-refractivity contribution < 1.29 is 28.5 Å². The van der Waals surface area contributed by atoms with E-state index in [9.17, 15) is 4.79 Å². The maximum absolute atomic E-state index is 13.6. The second kappa shape index (κ2) is 41.7. The molecule has 0 bridgehead atoms. The number of ether oxygens (including phenoxy) is 5. The van der Waals surface area contributed by atoms with Gasteiger partial charge in [-0.3, -0.25) is 4.79 Å². The molecule has 1 unspecified atom stereocenters. The average molecular weight is 818 g/mol. The third kappa shape index (κ3) is 31.0. The van der Waals surface area contributed by atoms with E-state index in [0.717, 1.165) is 38.7 Å². The predicted molar refractivity (Wildman–Crippen MR) is 247 cm³/mol. The number of carbonyl (C=O) groups is 1. The number of unbranched alkanes of at least 4 members (excludes halogenated alkanes) is 26. The Hall–Kier alpha value is -1.99. The van der Waals surface area contributed by atoms with Crippen molar-refractivity contribution in [2.75, 3.05) is 46.2 Å². The summed E-state index contributed by atoms with van der Waals surface area (Å²) in [7, 11) is 0. The number of benzene rings is 1. The minimum Gasteiger partial charge on any atom is -0.490 e. The Bertz CT molecular complexity index is 1010. The van der Waals surface area contributed by atoms with Gasteiger partial charge in [-0.2, -0.15) is 0 Å². The van der Waals surface area contributed by atoms with E-state index < -0.39 is 0 Å². The van der Waals surface area contributed by atoms with Crippen LogP contribution in [-0.2, 0) is 9.47 Å². The molecule has 0 fully saturated rings. The van der Waals surface area contributed by atoms with Gasteiger partial charge in [-0.15, -0.1) is 0 Å². The van der Waals surface area contributed by atoms with Crippen molar-refractivity contribution in [1.29, 1.82) is 0 Å². The average Bonchev–Trinajstić information content (AvgIpc) is 3.24. The molecule has 1 N–H and O–H groups in total. The number of nitrogens with one attached hydrogen (secondary N) is 1. The molecule has 0 aliphatic rings. The summed E-state index contributed by atoms with van der Waals surface area (Å²) >= 11 is 0. The Morgan fingerprint density at radius 2 is 0.810 bits per heavy atom. The zero-order valence-corrected chi connectivity index (χ0v) is 39.1. The van der Waals surface area contributed by atoms with Gasteiger partial charge in [-0.05, 0) is 44.2 Å². The van der Waals surface area contributed by atoms with Crippen molar-refractivity contribution in [3.05, 3.63) is 17.7 Å². The molecule has 1 aromatic rings. The van der Waals surface area contributed by atoms with Crippen molar-refractivity contribution in [1.82, 2.24) is 5.32 Å². The fourth-order valence-electron chi connectivity index (χ4n) is 7.33. The minimum atomic E-state index is -0.198. The van der Waals surface area contributed by atoms with E-state index in [1.807, 2.05) is 0 Å². The number of rotatable bonds is 45. The lowest BCUT2D eigenvalue weighted by Crippen LogP contribution is -2.36. The van der Waals surface area contributed by atoms with Crippen molar-refractivity contribution in [3.63, 3.8) is 0 Å². The van der Waals surface area contributed by atoms with Crippen molar-refractivity contribution in [2.24, 2.45) is 0 Å². The van der Waals surface area contributed by atoms with Crippen LogP contribution in [-0.4, -0.2) is 58.2 Å². The highest BCUT2D eigenvalue weighted by atomic mass is 16.5. The molecule has 0 heterocycles. The molecule has 1 amide bonds. The molecular formula is C51H95NO6. The van der Waals surface area contributed by atoms with Crippen LogP contribution in [0.4, 0.5) is 0 Å². The van der Waals surface area contributed by atoms with E-state index >= 15 is 0 Å². The lowest BCUT2D eigenvalue weighted by Gasteiger charge is -2.20. The van der Waals surface area contributed by atoms with E-state index in [2.05, 4.69) is 39.9 Å². The van der Waals surface area contributed by atoms with Gasteiger partial charge in [-0.25, -0.2) is 0 Å². The zero-order valence-electron chi connectivity index (χ0n) is 39.1. The van der Waals surface area contributed by atoms with Crippen LogP contribution in [0.25, 0.3) is 0 Å². The van der Waals surface area contributed by atoms with Crippen LogP contribution in [0.1, 0.15) is 244 Å². The first-order chi connectivity index (χ1) is 28.6. The first-order valence-electron chi connectivity index (χ1n) is 25.1. The molecule has 0 spiro atoms. The molecule has 340 valence electrons. The maximum Gasteiger partial charge on any atom is 0.251 e. The zero-order chi connectivity index (χ0) is 42.0. The van der Waals surface area contributed by atoms with Gasteiger partial charge in [0.15, 0.2) is 11.5 Å². The lowest BCUT2D eigenvalue weighted by molar-refractivity contribution is -0.0170. The normalized spacial score (nSPS) is 11.9. The molecule has 0 aromatic heterocycles. The van der Waals surface area contributed by atoms with Gasteiger partial charge in [0, 0.05) is 25.3 Å². The maximum atomic E-state index is 13.6. The van der Waals surface area contributed by atoms with Gasteiger partial charge in [0.05, 0.1) is 32.5 Å². The fourth-order valence-corrected chi connectivity index (χ4v) is 7.33. The SMILES string of the molecule is CCCCCCCCCCCCCCCCOCC(CNC(=O)c1cc(OCCC)c(OCCC)c(OCCC)c1)OCCCCCCCCCCCCCCCC. The fraction of sp³-hybridized carbons (Fsp3) is 0.863. The molecule has 1 rings (SSSR count). The number of carbonyl (C=O) groups excluding carboxylic acids is 1. The van der Waals surface area contributed by atoms with Gasteiger partial charge in [0.25, 0.3) is 5.91 Å². The molecule has 1 aromatic carbocycles. The quantitative estimate of drug-likeness (QED) is 0.0661.